The molecule has 1 heterocycles. The number of aliphatic hydroxyl groups is 1. The highest BCUT2D eigenvalue weighted by molar-refractivity contribution is 7.90. The highest BCUT2D eigenvalue weighted by Gasteiger charge is 2.50. The number of nitrogens with zero attached hydrogens (tertiary/aromatic N) is 1. The lowest BCUT2D eigenvalue weighted by Gasteiger charge is -2.15. The Morgan fingerprint density at radius 1 is 1.26 bits per heavy atom. The number of ether oxygens (including phenoxy) is 1. The Kier molecular flexibility index (Phi) is 3.76. The van der Waals surface area contributed by atoms with Gasteiger partial charge in [0.05, 0.1) is 16.5 Å². The number of nitrogens with one attached hydrogen (secondary N) is 1. The third-order valence-corrected chi connectivity index (χ3v) is 5.66. The predicted molar refractivity (Wildman–Crippen MR) is 89.3 cm³/mol. The summed E-state index contributed by atoms with van der Waals surface area (Å²) >= 11 is 0. The molecule has 0 saturated heterocycles. The summed E-state index contributed by atoms with van der Waals surface area (Å²) in [5, 5.41) is 16.5. The van der Waals surface area contributed by atoms with E-state index in [1.165, 1.54) is 18.3 Å². The van der Waals surface area contributed by atoms with Crippen molar-refractivity contribution in [3.8, 4) is 11.5 Å². The Morgan fingerprint density at radius 2 is 1.96 bits per heavy atom. The second kappa shape index (κ2) is 5.70. The number of halogens is 3. The smallest absolute Gasteiger partial charge is 0.281 e. The van der Waals surface area contributed by atoms with Crippen molar-refractivity contribution in [2.75, 3.05) is 6.26 Å². The third-order valence-electron chi connectivity index (χ3n) is 4.50. The monoisotopic (exact) mass is 398 g/mol. The molecule has 3 aromatic rings. The van der Waals surface area contributed by atoms with Crippen LogP contribution in [0.2, 0.25) is 0 Å². The Labute approximate surface area is 151 Å². The summed E-state index contributed by atoms with van der Waals surface area (Å²) in [6.45, 7) is 0. The average Bonchev–Trinajstić information content (AvgIpc) is 3.15. The van der Waals surface area contributed by atoms with Gasteiger partial charge in [0.15, 0.2) is 9.84 Å². The molecule has 142 valence electrons. The lowest BCUT2D eigenvalue weighted by atomic mass is 10.1. The highest BCUT2D eigenvalue weighted by Crippen LogP contribution is 2.49. The van der Waals surface area contributed by atoms with Crippen molar-refractivity contribution in [2.24, 2.45) is 0 Å². The topological polar surface area (TPSA) is 92.3 Å². The summed E-state index contributed by atoms with van der Waals surface area (Å²) in [6.07, 6.45) is -0.940. The van der Waals surface area contributed by atoms with Crippen LogP contribution in [0.5, 0.6) is 11.5 Å². The normalized spacial score (nSPS) is 18.6. The number of rotatable bonds is 3. The van der Waals surface area contributed by atoms with Crippen LogP contribution < -0.4 is 4.74 Å². The van der Waals surface area contributed by atoms with Gasteiger partial charge in [-0.2, -0.15) is 5.10 Å². The molecule has 1 aromatic heterocycles. The molecule has 0 saturated carbocycles. The second-order valence-electron chi connectivity index (χ2n) is 6.37. The summed E-state index contributed by atoms with van der Waals surface area (Å²) in [4.78, 5) is -0.373. The maximum Gasteiger partial charge on any atom is 0.281 e. The zero-order chi connectivity index (χ0) is 19.6. The van der Waals surface area contributed by atoms with E-state index in [1.807, 2.05) is 0 Å². The molecular weight excluding hydrogens is 385 g/mol. The molecule has 0 bridgehead atoms. The fourth-order valence-corrected chi connectivity index (χ4v) is 4.20. The maximum atomic E-state index is 14.1. The van der Waals surface area contributed by atoms with Crippen LogP contribution in [0.3, 0.4) is 0 Å². The third kappa shape index (κ3) is 2.76. The second-order valence-corrected chi connectivity index (χ2v) is 8.36. The average molecular weight is 398 g/mol. The zero-order valence-electron chi connectivity index (χ0n) is 13.8. The van der Waals surface area contributed by atoms with Crippen LogP contribution in [0, 0.1) is 5.82 Å². The van der Waals surface area contributed by atoms with E-state index in [2.05, 4.69) is 10.2 Å². The number of aromatic amines is 1. The van der Waals surface area contributed by atoms with Crippen molar-refractivity contribution in [3.05, 3.63) is 47.4 Å². The zero-order valence-corrected chi connectivity index (χ0v) is 14.6. The Morgan fingerprint density at radius 3 is 2.67 bits per heavy atom. The number of hydrogen-bond acceptors (Lipinski definition) is 5. The maximum absolute atomic E-state index is 14.1. The molecule has 10 heteroatoms. The van der Waals surface area contributed by atoms with Gasteiger partial charge in [0.25, 0.3) is 5.92 Å². The number of aromatic nitrogens is 2. The molecule has 0 radical (unpaired) electrons. The van der Waals surface area contributed by atoms with Crippen molar-refractivity contribution < 1.29 is 31.4 Å². The molecular formula is C17H13F3N2O4S. The first kappa shape index (κ1) is 17.8. The van der Waals surface area contributed by atoms with Crippen LogP contribution in [0.25, 0.3) is 10.9 Å². The number of hydrogen-bond donors (Lipinski definition) is 2. The molecule has 0 spiro atoms. The van der Waals surface area contributed by atoms with Gasteiger partial charge < -0.3 is 9.84 Å². The van der Waals surface area contributed by atoms with Gasteiger partial charge in [-0.25, -0.2) is 21.6 Å². The Hall–Kier alpha value is -2.59. The highest BCUT2D eigenvalue weighted by atomic mass is 32.2. The fourth-order valence-electron chi connectivity index (χ4n) is 3.25. The fraction of sp³-hybridized carbons (Fsp3) is 0.235. The standard InChI is InChI=1S/C17H13F3N2O4S/c1-27(24,25)13-5-4-11(8-6-17(19,20)16(23)14(8)13)26-12-3-2-10(18)15-9(12)7-21-22-15/h2-5,7,16,23H,6H2,1H3,(H,21,22)/t16-/m0/s1. The minimum Gasteiger partial charge on any atom is -0.456 e. The molecule has 0 fully saturated rings. The van der Waals surface area contributed by atoms with Crippen molar-refractivity contribution in [1.29, 1.82) is 0 Å². The molecule has 0 unspecified atom stereocenters. The van der Waals surface area contributed by atoms with Gasteiger partial charge in [-0.05, 0) is 24.3 Å². The first-order valence-corrected chi connectivity index (χ1v) is 9.70. The summed E-state index contributed by atoms with van der Waals surface area (Å²) in [7, 11) is -3.85. The molecule has 0 aliphatic heterocycles. The van der Waals surface area contributed by atoms with Crippen LogP contribution in [0.4, 0.5) is 13.2 Å². The van der Waals surface area contributed by atoms with Crippen LogP contribution in [-0.4, -0.2) is 35.9 Å². The van der Waals surface area contributed by atoms with Crippen LogP contribution >= 0.6 is 0 Å². The molecule has 1 aliphatic carbocycles. The van der Waals surface area contributed by atoms with E-state index >= 15 is 0 Å². The van der Waals surface area contributed by atoms with Crippen molar-refractivity contribution in [2.45, 2.75) is 23.3 Å². The molecule has 4 rings (SSSR count). The number of aliphatic hydroxyl groups excluding tert-OH is 1. The lowest BCUT2D eigenvalue weighted by Crippen LogP contribution is -2.22. The molecule has 1 atom stereocenters. The van der Waals surface area contributed by atoms with Gasteiger partial charge in [-0.15, -0.1) is 0 Å². The molecule has 27 heavy (non-hydrogen) atoms. The predicted octanol–water partition coefficient (Wildman–Crippen LogP) is 3.12. The van der Waals surface area contributed by atoms with E-state index in [4.69, 9.17) is 4.74 Å². The van der Waals surface area contributed by atoms with Crippen LogP contribution in [0.15, 0.2) is 35.4 Å². The van der Waals surface area contributed by atoms with E-state index < -0.39 is 34.1 Å². The van der Waals surface area contributed by atoms with E-state index in [0.29, 0.717) is 5.39 Å². The minimum absolute atomic E-state index is 0.0391. The van der Waals surface area contributed by atoms with Gasteiger partial charge in [-0.1, -0.05) is 0 Å². The molecule has 2 N–H and O–H groups in total. The number of sulfone groups is 1. The molecule has 6 nitrogen and oxygen atoms in total. The quantitative estimate of drug-likeness (QED) is 0.707. The summed E-state index contributed by atoms with van der Waals surface area (Å²) < 4.78 is 71.6. The van der Waals surface area contributed by atoms with Crippen LogP contribution in [0.1, 0.15) is 17.2 Å². The van der Waals surface area contributed by atoms with E-state index in [9.17, 15) is 26.7 Å². The number of benzene rings is 2. The number of H-pyrrole nitrogens is 1. The first-order chi connectivity index (χ1) is 12.6. The van der Waals surface area contributed by atoms with Crippen molar-refractivity contribution >= 4 is 20.7 Å². The summed E-state index contributed by atoms with van der Waals surface area (Å²) in [6, 6.07) is 4.81. The van der Waals surface area contributed by atoms with E-state index in [1.54, 1.807) is 0 Å². The van der Waals surface area contributed by atoms with Gasteiger partial charge >= 0.3 is 0 Å². The SMILES string of the molecule is CS(=O)(=O)c1ccc(Oc2ccc(F)c3[nH]ncc23)c2c1[C@H](O)C(F)(F)C2. The first-order valence-electron chi connectivity index (χ1n) is 7.81. The molecule has 2 aromatic carbocycles. The van der Waals surface area contributed by atoms with Gasteiger partial charge in [-0.3, -0.25) is 5.10 Å². The van der Waals surface area contributed by atoms with Gasteiger partial charge in [0.2, 0.25) is 0 Å². The van der Waals surface area contributed by atoms with Crippen molar-refractivity contribution in [1.82, 2.24) is 10.2 Å². The summed E-state index contributed by atoms with van der Waals surface area (Å²) in [5.41, 5.74) is -0.385. The van der Waals surface area contributed by atoms with E-state index in [0.717, 1.165) is 18.4 Å². The Bertz CT molecular complexity index is 1170. The Balaban J connectivity index is 1.88. The number of alkyl halides is 2. The van der Waals surface area contributed by atoms with Gasteiger partial charge in [0, 0.05) is 23.8 Å². The lowest BCUT2D eigenvalue weighted by molar-refractivity contribution is -0.0976. The minimum atomic E-state index is -3.85. The van der Waals surface area contributed by atoms with E-state index in [-0.39, 0.29) is 33.0 Å². The molecule has 1 aliphatic rings. The van der Waals surface area contributed by atoms with Crippen molar-refractivity contribution in [3.63, 3.8) is 0 Å². The summed E-state index contributed by atoms with van der Waals surface area (Å²) in [5.74, 6) is -3.98. The van der Waals surface area contributed by atoms with Crippen LogP contribution in [-0.2, 0) is 16.3 Å². The molecule has 0 amide bonds. The number of fused-ring (bicyclic) bond motifs is 2. The largest absolute Gasteiger partial charge is 0.456 e. The van der Waals surface area contributed by atoms with Gasteiger partial charge in [0.1, 0.15) is 28.9 Å².